The number of ether oxygens (including phenoxy) is 2. The van der Waals surface area contributed by atoms with Gasteiger partial charge in [-0.25, -0.2) is 0 Å². The van der Waals surface area contributed by atoms with Crippen LogP contribution in [0.1, 0.15) is 32.1 Å². The molecule has 11 heavy (non-hydrogen) atoms. The van der Waals surface area contributed by atoms with Crippen LogP contribution in [0.15, 0.2) is 0 Å². The highest BCUT2D eigenvalue weighted by molar-refractivity contribution is 4.74. The summed E-state index contributed by atoms with van der Waals surface area (Å²) in [6, 6.07) is 0. The van der Waals surface area contributed by atoms with Crippen molar-refractivity contribution in [1.29, 1.82) is 0 Å². The second-order valence-electron chi connectivity index (χ2n) is 2.99. The van der Waals surface area contributed by atoms with Crippen molar-refractivity contribution in [3.63, 3.8) is 0 Å². The van der Waals surface area contributed by atoms with Gasteiger partial charge in [-0.3, -0.25) is 0 Å². The Bertz CT molecular complexity index is 105. The number of hydrogen-bond donors (Lipinski definition) is 1. The Morgan fingerprint density at radius 3 is 2.36 bits per heavy atom. The van der Waals surface area contributed by atoms with Gasteiger partial charge in [-0.2, -0.15) is 0 Å². The lowest BCUT2D eigenvalue weighted by Crippen LogP contribution is -2.38. The Morgan fingerprint density at radius 1 is 1.27 bits per heavy atom. The summed E-state index contributed by atoms with van der Waals surface area (Å²) in [7, 11) is 1.70. The normalized spacial score (nSPS) is 23.5. The molecule has 3 heteroatoms. The average Bonchev–Trinajstić information content (AvgIpc) is 2.07. The predicted octanol–water partition coefficient (Wildman–Crippen LogP) is 1.23. The summed E-state index contributed by atoms with van der Waals surface area (Å²) in [4.78, 5) is 0. The Balaban J connectivity index is 2.42. The molecular weight excluding hydrogens is 142 g/mol. The largest absolute Gasteiger partial charge is 0.353 e. The first-order chi connectivity index (χ1) is 5.33. The van der Waals surface area contributed by atoms with Crippen LogP contribution >= 0.6 is 0 Å². The van der Waals surface area contributed by atoms with Crippen LogP contribution in [-0.2, 0) is 9.47 Å². The molecule has 0 aromatic heterocycles. The lowest BCUT2D eigenvalue weighted by molar-refractivity contribution is -0.237. The van der Waals surface area contributed by atoms with Gasteiger partial charge in [-0.15, -0.1) is 0 Å². The standard InChI is InChI=1S/C8H17NO2/c1-10-8(11-7-9)5-3-2-4-6-8/h2-7,9H2,1H3. The van der Waals surface area contributed by atoms with E-state index in [-0.39, 0.29) is 12.5 Å². The average molecular weight is 159 g/mol. The van der Waals surface area contributed by atoms with Crippen molar-refractivity contribution in [2.45, 2.75) is 37.9 Å². The SMILES string of the molecule is COC1(OCN)CCCCC1. The van der Waals surface area contributed by atoms with Crippen LogP contribution in [-0.4, -0.2) is 19.6 Å². The molecule has 0 heterocycles. The van der Waals surface area contributed by atoms with Gasteiger partial charge in [0.15, 0.2) is 5.79 Å². The zero-order valence-electron chi connectivity index (χ0n) is 7.14. The zero-order valence-corrected chi connectivity index (χ0v) is 7.14. The number of methoxy groups -OCH3 is 1. The lowest BCUT2D eigenvalue weighted by Gasteiger charge is -2.35. The van der Waals surface area contributed by atoms with E-state index in [1.54, 1.807) is 7.11 Å². The first-order valence-corrected chi connectivity index (χ1v) is 4.22. The molecule has 0 aliphatic heterocycles. The molecule has 3 nitrogen and oxygen atoms in total. The lowest BCUT2D eigenvalue weighted by atomic mass is 9.94. The van der Waals surface area contributed by atoms with Crippen molar-refractivity contribution < 1.29 is 9.47 Å². The molecule has 0 aromatic rings. The van der Waals surface area contributed by atoms with Crippen molar-refractivity contribution in [1.82, 2.24) is 0 Å². The van der Waals surface area contributed by atoms with Gasteiger partial charge in [0.25, 0.3) is 0 Å². The molecule has 0 atom stereocenters. The Kier molecular flexibility index (Phi) is 3.30. The molecule has 1 saturated carbocycles. The number of nitrogens with two attached hydrogens (primary N) is 1. The Morgan fingerprint density at radius 2 is 1.91 bits per heavy atom. The van der Waals surface area contributed by atoms with Crippen LogP contribution in [0.2, 0.25) is 0 Å². The molecule has 0 saturated heterocycles. The van der Waals surface area contributed by atoms with Crippen LogP contribution in [0, 0.1) is 0 Å². The summed E-state index contributed by atoms with van der Waals surface area (Å²) in [6.45, 7) is 0.258. The Hall–Kier alpha value is -0.120. The third-order valence-electron chi connectivity index (χ3n) is 2.33. The second-order valence-corrected chi connectivity index (χ2v) is 2.99. The van der Waals surface area contributed by atoms with E-state index in [2.05, 4.69) is 0 Å². The molecule has 1 rings (SSSR count). The highest BCUT2D eigenvalue weighted by Gasteiger charge is 2.32. The van der Waals surface area contributed by atoms with Crippen molar-refractivity contribution >= 4 is 0 Å². The van der Waals surface area contributed by atoms with E-state index in [0.29, 0.717) is 0 Å². The first-order valence-electron chi connectivity index (χ1n) is 4.22. The maximum Gasteiger partial charge on any atom is 0.169 e. The molecule has 0 aromatic carbocycles. The van der Waals surface area contributed by atoms with Gasteiger partial charge in [-0.1, -0.05) is 6.42 Å². The molecule has 66 valence electrons. The molecule has 1 fully saturated rings. The van der Waals surface area contributed by atoms with E-state index >= 15 is 0 Å². The summed E-state index contributed by atoms with van der Waals surface area (Å²) in [6.07, 6.45) is 5.64. The highest BCUT2D eigenvalue weighted by atomic mass is 16.7. The molecule has 0 bridgehead atoms. The van der Waals surface area contributed by atoms with Crippen LogP contribution in [0.25, 0.3) is 0 Å². The fourth-order valence-corrected chi connectivity index (χ4v) is 1.65. The minimum Gasteiger partial charge on any atom is -0.353 e. The molecule has 0 unspecified atom stereocenters. The van der Waals surface area contributed by atoms with E-state index in [4.69, 9.17) is 15.2 Å². The maximum absolute atomic E-state index is 5.38. The molecule has 2 N–H and O–H groups in total. The highest BCUT2D eigenvalue weighted by Crippen LogP contribution is 2.31. The molecule has 0 spiro atoms. The minimum atomic E-state index is -0.354. The van der Waals surface area contributed by atoms with Crippen LogP contribution in [0.3, 0.4) is 0 Å². The van der Waals surface area contributed by atoms with Gasteiger partial charge in [0, 0.05) is 20.0 Å². The fraction of sp³-hybridized carbons (Fsp3) is 1.00. The van der Waals surface area contributed by atoms with Crippen molar-refractivity contribution in [2.75, 3.05) is 13.8 Å². The molecule has 1 aliphatic carbocycles. The predicted molar refractivity (Wildman–Crippen MR) is 43.0 cm³/mol. The minimum absolute atomic E-state index is 0.258. The van der Waals surface area contributed by atoms with Crippen molar-refractivity contribution in [2.24, 2.45) is 5.73 Å². The molecule has 0 radical (unpaired) electrons. The summed E-state index contributed by atoms with van der Waals surface area (Å²) < 4.78 is 10.7. The maximum atomic E-state index is 5.38. The van der Waals surface area contributed by atoms with Gasteiger partial charge >= 0.3 is 0 Å². The number of rotatable bonds is 3. The van der Waals surface area contributed by atoms with Gasteiger partial charge in [0.05, 0.1) is 6.73 Å². The van der Waals surface area contributed by atoms with E-state index in [9.17, 15) is 0 Å². The monoisotopic (exact) mass is 159 g/mol. The third kappa shape index (κ3) is 2.15. The van der Waals surface area contributed by atoms with E-state index in [1.165, 1.54) is 19.3 Å². The van der Waals surface area contributed by atoms with E-state index < -0.39 is 0 Å². The van der Waals surface area contributed by atoms with Gasteiger partial charge in [-0.05, 0) is 12.8 Å². The van der Waals surface area contributed by atoms with Gasteiger partial charge in [0.2, 0.25) is 0 Å². The topological polar surface area (TPSA) is 44.5 Å². The molecular formula is C8H17NO2. The van der Waals surface area contributed by atoms with E-state index in [1.807, 2.05) is 0 Å². The number of hydrogen-bond acceptors (Lipinski definition) is 3. The quantitative estimate of drug-likeness (QED) is 0.630. The Labute approximate surface area is 67.9 Å². The molecule has 1 aliphatic rings. The van der Waals surface area contributed by atoms with Crippen LogP contribution in [0.4, 0.5) is 0 Å². The first kappa shape index (κ1) is 8.97. The summed E-state index contributed by atoms with van der Waals surface area (Å²) in [5, 5.41) is 0. The zero-order chi connectivity index (χ0) is 8.16. The third-order valence-corrected chi connectivity index (χ3v) is 2.33. The van der Waals surface area contributed by atoms with Gasteiger partial charge in [0.1, 0.15) is 0 Å². The molecule has 0 amide bonds. The smallest absolute Gasteiger partial charge is 0.169 e. The summed E-state index contributed by atoms with van der Waals surface area (Å²) in [5.74, 6) is -0.354. The van der Waals surface area contributed by atoms with E-state index in [0.717, 1.165) is 12.8 Å². The van der Waals surface area contributed by atoms with Crippen molar-refractivity contribution in [3.8, 4) is 0 Å². The summed E-state index contributed by atoms with van der Waals surface area (Å²) in [5.41, 5.74) is 5.32. The fourth-order valence-electron chi connectivity index (χ4n) is 1.65. The van der Waals surface area contributed by atoms with Gasteiger partial charge < -0.3 is 15.2 Å². The van der Waals surface area contributed by atoms with Crippen LogP contribution in [0.5, 0.6) is 0 Å². The van der Waals surface area contributed by atoms with Crippen LogP contribution < -0.4 is 5.73 Å². The second kappa shape index (κ2) is 4.04. The summed E-state index contributed by atoms with van der Waals surface area (Å²) >= 11 is 0. The van der Waals surface area contributed by atoms with Crippen molar-refractivity contribution in [3.05, 3.63) is 0 Å².